The van der Waals surface area contributed by atoms with E-state index in [-0.39, 0.29) is 17.9 Å². The molecule has 2 N–H and O–H groups in total. The minimum atomic E-state index is -0.169. The van der Waals surface area contributed by atoms with Crippen molar-refractivity contribution in [3.05, 3.63) is 40.4 Å². The molecule has 0 fully saturated rings. The Bertz CT molecular complexity index is 606. The van der Waals surface area contributed by atoms with Crippen LogP contribution in [0.15, 0.2) is 18.3 Å². The van der Waals surface area contributed by atoms with E-state index in [0.29, 0.717) is 22.1 Å². The van der Waals surface area contributed by atoms with Gasteiger partial charge in [0.25, 0.3) is 0 Å². The van der Waals surface area contributed by atoms with Gasteiger partial charge in [-0.2, -0.15) is 5.10 Å². The van der Waals surface area contributed by atoms with Gasteiger partial charge < -0.3 is 5.73 Å². The van der Waals surface area contributed by atoms with E-state index in [1.165, 1.54) is 0 Å². The van der Waals surface area contributed by atoms with Gasteiger partial charge in [-0.1, -0.05) is 11.6 Å². The van der Waals surface area contributed by atoms with Gasteiger partial charge in [-0.25, -0.2) is 0 Å². The number of halogens is 1. The fraction of sp³-hybridized carbons (Fsp3) is 0.250. The smallest absolute Gasteiger partial charge is 0.189 e. The molecular weight excluding hydrogens is 252 g/mol. The number of aryl methyl sites for hydroxylation is 2. The Morgan fingerprint density at radius 1 is 1.56 bits per heavy atom. The number of aromatic nitrogens is 3. The lowest BCUT2D eigenvalue weighted by Crippen LogP contribution is -2.12. The number of hydrogen-bond acceptors (Lipinski definition) is 4. The zero-order chi connectivity index (χ0) is 13.3. The average Bonchev–Trinajstić information content (AvgIpc) is 2.56. The fourth-order valence-electron chi connectivity index (χ4n) is 1.76. The molecule has 0 aliphatic rings. The van der Waals surface area contributed by atoms with Crippen LogP contribution < -0.4 is 5.73 Å². The number of carbonyl (C=O) groups excluding carboxylic acids is 1. The van der Waals surface area contributed by atoms with E-state index in [1.54, 1.807) is 37.0 Å². The molecule has 0 atom stereocenters. The van der Waals surface area contributed by atoms with E-state index in [0.717, 1.165) is 0 Å². The highest BCUT2D eigenvalue weighted by Gasteiger charge is 2.18. The minimum Gasteiger partial charge on any atom is -0.397 e. The highest BCUT2D eigenvalue weighted by molar-refractivity contribution is 6.32. The second kappa shape index (κ2) is 4.78. The summed E-state index contributed by atoms with van der Waals surface area (Å²) in [6, 6.07) is 3.34. The van der Waals surface area contributed by atoms with E-state index in [4.69, 9.17) is 17.3 Å². The third-order valence-corrected chi connectivity index (χ3v) is 3.18. The molecule has 94 valence electrons. The van der Waals surface area contributed by atoms with Gasteiger partial charge in [0.15, 0.2) is 5.78 Å². The van der Waals surface area contributed by atoms with Crippen LogP contribution in [0.25, 0.3) is 0 Å². The van der Waals surface area contributed by atoms with Crippen LogP contribution in [0.3, 0.4) is 0 Å². The number of nitrogens with zero attached hydrogens (tertiary/aromatic N) is 3. The minimum absolute atomic E-state index is 0.136. The predicted octanol–water partition coefficient (Wildman–Crippen LogP) is 1.78. The van der Waals surface area contributed by atoms with E-state index >= 15 is 0 Å². The molecule has 2 rings (SSSR count). The average molecular weight is 265 g/mol. The molecule has 2 aromatic rings. The molecule has 0 aliphatic carbocycles. The number of ketones is 1. The summed E-state index contributed by atoms with van der Waals surface area (Å²) in [6.07, 6.45) is 1.68. The molecule has 6 heteroatoms. The number of pyridine rings is 1. The van der Waals surface area contributed by atoms with Gasteiger partial charge in [0.05, 0.1) is 28.5 Å². The summed E-state index contributed by atoms with van der Waals surface area (Å²) in [4.78, 5) is 16.1. The topological polar surface area (TPSA) is 73.8 Å². The first-order chi connectivity index (χ1) is 8.50. The number of Topliss-reactive ketones (excluding diaryl/α,β-unsaturated/α-hetero) is 1. The molecule has 18 heavy (non-hydrogen) atoms. The Hall–Kier alpha value is -1.88. The van der Waals surface area contributed by atoms with Gasteiger partial charge in [-0.15, -0.1) is 0 Å². The quantitative estimate of drug-likeness (QED) is 0.858. The molecule has 0 amide bonds. The van der Waals surface area contributed by atoms with Crippen LogP contribution in [-0.2, 0) is 13.5 Å². The highest BCUT2D eigenvalue weighted by Crippen LogP contribution is 2.21. The van der Waals surface area contributed by atoms with Crippen LogP contribution in [-0.4, -0.2) is 20.5 Å². The van der Waals surface area contributed by atoms with Gasteiger partial charge in [-0.3, -0.25) is 14.5 Å². The van der Waals surface area contributed by atoms with Crippen LogP contribution in [0.4, 0.5) is 5.69 Å². The molecule has 0 bridgehead atoms. The number of anilines is 1. The van der Waals surface area contributed by atoms with Gasteiger partial charge in [0.1, 0.15) is 5.69 Å². The number of carbonyl (C=O) groups is 1. The van der Waals surface area contributed by atoms with Gasteiger partial charge in [0, 0.05) is 13.2 Å². The summed E-state index contributed by atoms with van der Waals surface area (Å²) in [5.74, 6) is -0.169. The van der Waals surface area contributed by atoms with E-state index in [2.05, 4.69) is 10.1 Å². The maximum Gasteiger partial charge on any atom is 0.189 e. The van der Waals surface area contributed by atoms with Crippen molar-refractivity contribution in [1.29, 1.82) is 0 Å². The Labute approximate surface area is 110 Å². The second-order valence-corrected chi connectivity index (χ2v) is 4.39. The normalized spacial score (nSPS) is 10.6. The zero-order valence-electron chi connectivity index (χ0n) is 10.1. The third-order valence-electron chi connectivity index (χ3n) is 2.69. The summed E-state index contributed by atoms with van der Waals surface area (Å²) in [5, 5.41) is 4.67. The van der Waals surface area contributed by atoms with Gasteiger partial charge in [0.2, 0.25) is 0 Å². The zero-order valence-corrected chi connectivity index (χ0v) is 10.9. The maximum atomic E-state index is 12.1. The summed E-state index contributed by atoms with van der Waals surface area (Å²) >= 11 is 6.10. The highest BCUT2D eigenvalue weighted by atomic mass is 35.5. The molecule has 0 spiro atoms. The fourth-order valence-corrected chi connectivity index (χ4v) is 1.99. The number of rotatable bonds is 3. The Morgan fingerprint density at radius 3 is 2.83 bits per heavy atom. The van der Waals surface area contributed by atoms with Gasteiger partial charge in [-0.05, 0) is 19.1 Å². The van der Waals surface area contributed by atoms with Crippen molar-refractivity contribution in [1.82, 2.24) is 14.8 Å². The monoisotopic (exact) mass is 264 g/mol. The SMILES string of the molecule is Cc1nn(C)c(CC(=O)c2ncccc2N)c1Cl. The standard InChI is InChI=1S/C12H13ClN4O/c1-7-11(13)9(17(2)16-7)6-10(18)12-8(14)4-3-5-15-12/h3-5H,6,14H2,1-2H3. The molecule has 0 aliphatic heterocycles. The summed E-state index contributed by atoms with van der Waals surface area (Å²) in [5.41, 5.74) is 7.74. The third kappa shape index (κ3) is 2.22. The first-order valence-corrected chi connectivity index (χ1v) is 5.80. The lowest BCUT2D eigenvalue weighted by atomic mass is 10.1. The molecular formula is C12H13ClN4O. The van der Waals surface area contributed by atoms with Crippen molar-refractivity contribution < 1.29 is 4.79 Å². The molecule has 0 saturated carbocycles. The number of nitrogen functional groups attached to an aromatic ring is 1. The predicted molar refractivity (Wildman–Crippen MR) is 69.6 cm³/mol. The molecule has 0 saturated heterocycles. The molecule has 2 aromatic heterocycles. The molecule has 0 aromatic carbocycles. The van der Waals surface area contributed by atoms with Crippen LogP contribution >= 0.6 is 11.6 Å². The van der Waals surface area contributed by atoms with Crippen molar-refractivity contribution in [3.63, 3.8) is 0 Å². The number of hydrogen-bond donors (Lipinski definition) is 1. The van der Waals surface area contributed by atoms with Crippen molar-refractivity contribution >= 4 is 23.1 Å². The van der Waals surface area contributed by atoms with Crippen LogP contribution in [0.5, 0.6) is 0 Å². The number of nitrogens with two attached hydrogens (primary N) is 1. The van der Waals surface area contributed by atoms with Crippen molar-refractivity contribution in [2.24, 2.45) is 7.05 Å². The van der Waals surface area contributed by atoms with Crippen LogP contribution in [0, 0.1) is 6.92 Å². The van der Waals surface area contributed by atoms with Crippen molar-refractivity contribution in [2.75, 3.05) is 5.73 Å². The van der Waals surface area contributed by atoms with Crippen LogP contribution in [0.2, 0.25) is 5.02 Å². The van der Waals surface area contributed by atoms with Gasteiger partial charge >= 0.3 is 0 Å². The van der Waals surface area contributed by atoms with E-state index < -0.39 is 0 Å². The lowest BCUT2D eigenvalue weighted by molar-refractivity contribution is 0.0987. The molecule has 0 unspecified atom stereocenters. The first kappa shape index (κ1) is 12.6. The summed E-state index contributed by atoms with van der Waals surface area (Å²) in [6.45, 7) is 1.80. The lowest BCUT2D eigenvalue weighted by Gasteiger charge is -2.04. The first-order valence-electron chi connectivity index (χ1n) is 5.42. The summed E-state index contributed by atoms with van der Waals surface area (Å²) < 4.78 is 1.61. The van der Waals surface area contributed by atoms with Crippen molar-refractivity contribution in [2.45, 2.75) is 13.3 Å². The van der Waals surface area contributed by atoms with Crippen LogP contribution in [0.1, 0.15) is 21.9 Å². The van der Waals surface area contributed by atoms with E-state index in [9.17, 15) is 4.79 Å². The van der Waals surface area contributed by atoms with E-state index in [1.807, 2.05) is 0 Å². The Kier molecular flexibility index (Phi) is 3.34. The summed E-state index contributed by atoms with van der Waals surface area (Å²) in [7, 11) is 1.75. The molecule has 0 radical (unpaired) electrons. The Balaban J connectivity index is 2.30. The Morgan fingerprint density at radius 2 is 2.28 bits per heavy atom. The molecule has 5 nitrogen and oxygen atoms in total. The largest absolute Gasteiger partial charge is 0.397 e. The van der Waals surface area contributed by atoms with Crippen molar-refractivity contribution in [3.8, 4) is 0 Å². The second-order valence-electron chi connectivity index (χ2n) is 4.01. The molecule has 2 heterocycles. The maximum absolute atomic E-state index is 12.1.